The first-order valence-electron chi connectivity index (χ1n) is 8.03. The Morgan fingerprint density at radius 2 is 1.76 bits per heavy atom. The lowest BCUT2D eigenvalue weighted by atomic mass is 9.80. The van der Waals surface area contributed by atoms with Crippen molar-refractivity contribution in [2.75, 3.05) is 13.1 Å². The van der Waals surface area contributed by atoms with E-state index in [2.05, 4.69) is 62.2 Å². The fourth-order valence-corrected chi connectivity index (χ4v) is 4.57. The third-order valence-electron chi connectivity index (χ3n) is 4.93. The summed E-state index contributed by atoms with van der Waals surface area (Å²) >= 11 is 1.73. The summed E-state index contributed by atoms with van der Waals surface area (Å²) in [6.45, 7) is 10.7. The zero-order valence-corrected chi connectivity index (χ0v) is 14.4. The topological polar surface area (TPSA) is 23.5 Å². The van der Waals surface area contributed by atoms with E-state index in [0.29, 0.717) is 0 Å². The maximum atomic E-state index is 11.2. The summed E-state index contributed by atoms with van der Waals surface area (Å²) in [5.41, 5.74) is 0.903. The molecule has 0 radical (unpaired) electrons. The van der Waals surface area contributed by atoms with Crippen molar-refractivity contribution in [3.8, 4) is 0 Å². The minimum Gasteiger partial charge on any atom is -0.386 e. The van der Waals surface area contributed by atoms with E-state index in [1.165, 1.54) is 10.1 Å². The van der Waals surface area contributed by atoms with Gasteiger partial charge in [0.1, 0.15) is 0 Å². The summed E-state index contributed by atoms with van der Waals surface area (Å²) in [6.07, 6.45) is 1.46. The van der Waals surface area contributed by atoms with E-state index in [9.17, 15) is 5.11 Å². The first-order valence-corrected chi connectivity index (χ1v) is 8.91. The SMILES string of the molecule is CCN(CC)C(CC)(CC)C(O)c1cccc2ccsc12. The summed E-state index contributed by atoms with van der Waals surface area (Å²) < 4.78 is 1.23. The molecule has 1 aromatic carbocycles. The highest BCUT2D eigenvalue weighted by molar-refractivity contribution is 7.17. The van der Waals surface area contributed by atoms with Gasteiger partial charge in [0.25, 0.3) is 0 Å². The van der Waals surface area contributed by atoms with E-state index >= 15 is 0 Å². The van der Waals surface area contributed by atoms with E-state index in [0.717, 1.165) is 31.5 Å². The highest BCUT2D eigenvalue weighted by atomic mass is 32.1. The van der Waals surface area contributed by atoms with Crippen LogP contribution in [0.2, 0.25) is 0 Å². The van der Waals surface area contributed by atoms with Crippen molar-refractivity contribution in [1.29, 1.82) is 0 Å². The number of hydrogen-bond acceptors (Lipinski definition) is 3. The summed E-state index contributed by atoms with van der Waals surface area (Å²) in [5.74, 6) is 0. The van der Waals surface area contributed by atoms with Gasteiger partial charge in [-0.1, -0.05) is 45.9 Å². The summed E-state index contributed by atoms with van der Waals surface area (Å²) in [7, 11) is 0. The van der Waals surface area contributed by atoms with Crippen LogP contribution in [-0.2, 0) is 0 Å². The molecule has 3 heteroatoms. The van der Waals surface area contributed by atoms with Crippen molar-refractivity contribution < 1.29 is 5.11 Å². The van der Waals surface area contributed by atoms with E-state index in [1.54, 1.807) is 11.3 Å². The number of likely N-dealkylation sites (N-methyl/N-ethyl adjacent to an activating group) is 1. The number of fused-ring (bicyclic) bond motifs is 1. The summed E-state index contributed by atoms with van der Waals surface area (Å²) in [4.78, 5) is 2.42. The second kappa shape index (κ2) is 6.91. The van der Waals surface area contributed by atoms with Gasteiger partial charge in [0, 0.05) is 10.3 Å². The van der Waals surface area contributed by atoms with Crippen LogP contribution in [0.3, 0.4) is 0 Å². The second-order valence-corrected chi connectivity index (χ2v) is 6.49. The lowest BCUT2D eigenvalue weighted by molar-refractivity contribution is -0.0358. The number of rotatable bonds is 7. The zero-order chi connectivity index (χ0) is 15.5. The molecule has 0 spiro atoms. The Morgan fingerprint density at radius 3 is 2.33 bits per heavy atom. The third kappa shape index (κ3) is 2.75. The van der Waals surface area contributed by atoms with Crippen molar-refractivity contribution in [2.24, 2.45) is 0 Å². The van der Waals surface area contributed by atoms with Crippen LogP contribution in [0.5, 0.6) is 0 Å². The predicted octanol–water partition coefficient (Wildman–Crippen LogP) is 4.84. The molecule has 0 aliphatic carbocycles. The lowest BCUT2D eigenvalue weighted by Crippen LogP contribution is -2.52. The molecule has 0 saturated carbocycles. The Morgan fingerprint density at radius 1 is 1.10 bits per heavy atom. The van der Waals surface area contributed by atoms with Crippen molar-refractivity contribution in [3.63, 3.8) is 0 Å². The Labute approximate surface area is 132 Å². The molecule has 2 aromatic rings. The molecule has 1 unspecified atom stereocenters. The lowest BCUT2D eigenvalue weighted by Gasteiger charge is -2.46. The smallest absolute Gasteiger partial charge is 0.0987 e. The van der Waals surface area contributed by atoms with Gasteiger partial charge in [0.05, 0.1) is 11.6 Å². The van der Waals surface area contributed by atoms with Crippen LogP contribution in [0.25, 0.3) is 10.1 Å². The van der Waals surface area contributed by atoms with Crippen LogP contribution in [0.1, 0.15) is 52.2 Å². The maximum Gasteiger partial charge on any atom is 0.0987 e. The quantitative estimate of drug-likeness (QED) is 0.791. The van der Waals surface area contributed by atoms with Crippen molar-refractivity contribution >= 4 is 21.4 Å². The Kier molecular flexibility index (Phi) is 5.42. The normalized spacial score (nSPS) is 14.0. The Hall–Kier alpha value is -0.900. The zero-order valence-electron chi connectivity index (χ0n) is 13.6. The number of hydrogen-bond donors (Lipinski definition) is 1. The second-order valence-electron chi connectivity index (χ2n) is 5.57. The molecule has 1 aromatic heterocycles. The van der Waals surface area contributed by atoms with Crippen molar-refractivity contribution in [1.82, 2.24) is 4.90 Å². The fraction of sp³-hybridized carbons (Fsp3) is 0.556. The van der Waals surface area contributed by atoms with Crippen LogP contribution in [0.15, 0.2) is 29.6 Å². The van der Waals surface area contributed by atoms with E-state index < -0.39 is 6.10 Å². The van der Waals surface area contributed by atoms with Gasteiger partial charge in [0.15, 0.2) is 0 Å². The molecule has 21 heavy (non-hydrogen) atoms. The van der Waals surface area contributed by atoms with Gasteiger partial charge in [-0.2, -0.15) is 0 Å². The molecule has 0 aliphatic heterocycles. The van der Waals surface area contributed by atoms with Gasteiger partial charge < -0.3 is 5.11 Å². The first-order chi connectivity index (χ1) is 10.1. The molecule has 1 N–H and O–H groups in total. The standard InChI is InChI=1S/C18H27NOS/c1-5-18(6-2,19(7-3)8-4)17(20)15-11-9-10-14-12-13-21-16(14)15/h9-13,17,20H,5-8H2,1-4H3. The van der Waals surface area contributed by atoms with Crippen molar-refractivity contribution in [2.45, 2.75) is 52.2 Å². The molecular weight excluding hydrogens is 278 g/mol. The van der Waals surface area contributed by atoms with Gasteiger partial charge in [-0.25, -0.2) is 0 Å². The highest BCUT2D eigenvalue weighted by Gasteiger charge is 2.40. The van der Waals surface area contributed by atoms with E-state index in [1.807, 2.05) is 0 Å². The van der Waals surface area contributed by atoms with Gasteiger partial charge in [-0.3, -0.25) is 4.90 Å². The number of thiophene rings is 1. The van der Waals surface area contributed by atoms with Gasteiger partial charge in [-0.15, -0.1) is 11.3 Å². The highest BCUT2D eigenvalue weighted by Crippen LogP contribution is 2.40. The molecular formula is C18H27NOS. The average molecular weight is 305 g/mol. The number of benzene rings is 1. The minimum atomic E-state index is -0.449. The van der Waals surface area contributed by atoms with Crippen molar-refractivity contribution in [3.05, 3.63) is 35.2 Å². The molecule has 0 fully saturated rings. The van der Waals surface area contributed by atoms with Crippen LogP contribution in [0, 0.1) is 0 Å². The largest absolute Gasteiger partial charge is 0.386 e. The van der Waals surface area contributed by atoms with Gasteiger partial charge in [0.2, 0.25) is 0 Å². The number of aliphatic hydroxyl groups excluding tert-OH is 1. The fourth-order valence-electron chi connectivity index (χ4n) is 3.63. The number of nitrogens with zero attached hydrogens (tertiary/aromatic N) is 1. The Balaban J connectivity index is 2.52. The molecule has 116 valence electrons. The summed E-state index contributed by atoms with van der Waals surface area (Å²) in [5, 5.41) is 14.6. The van der Waals surface area contributed by atoms with Gasteiger partial charge >= 0.3 is 0 Å². The third-order valence-corrected chi connectivity index (χ3v) is 5.91. The maximum absolute atomic E-state index is 11.2. The van der Waals surface area contributed by atoms with Crippen LogP contribution in [0.4, 0.5) is 0 Å². The van der Waals surface area contributed by atoms with Gasteiger partial charge in [-0.05, 0) is 42.8 Å². The monoisotopic (exact) mass is 305 g/mol. The van der Waals surface area contributed by atoms with Crippen LogP contribution < -0.4 is 0 Å². The predicted molar refractivity (Wildman–Crippen MR) is 93.0 cm³/mol. The molecule has 2 rings (SSSR count). The van der Waals surface area contributed by atoms with Crippen LogP contribution >= 0.6 is 11.3 Å². The van der Waals surface area contributed by atoms with Crippen LogP contribution in [-0.4, -0.2) is 28.6 Å². The molecule has 0 bridgehead atoms. The molecule has 0 aliphatic rings. The Bertz CT molecular complexity index is 569. The number of aliphatic hydroxyl groups is 1. The molecule has 0 amide bonds. The van der Waals surface area contributed by atoms with E-state index in [-0.39, 0.29) is 5.54 Å². The van der Waals surface area contributed by atoms with E-state index in [4.69, 9.17) is 0 Å². The molecule has 0 saturated heterocycles. The first kappa shape index (κ1) is 16.5. The average Bonchev–Trinajstić information content (AvgIpc) is 3.00. The minimum absolute atomic E-state index is 0.179. The molecule has 1 atom stereocenters. The molecule has 2 nitrogen and oxygen atoms in total. The summed E-state index contributed by atoms with van der Waals surface area (Å²) in [6, 6.07) is 8.41. The molecule has 1 heterocycles.